The Morgan fingerprint density at radius 3 is 1.77 bits per heavy atom. The number of nitriles is 2. The van der Waals surface area contributed by atoms with E-state index in [0.29, 0.717) is 0 Å². The Balaban J connectivity index is 3.02. The maximum Gasteiger partial charge on any atom is 0.196 e. The molecule has 0 heterocycles. The molecule has 0 aromatic heterocycles. The number of hydrogen-bond donors (Lipinski definition) is 2. The zero-order valence-electron chi connectivity index (χ0n) is 11.0. The topological polar surface area (TPSA) is 129 Å². The molecule has 6 nitrogen and oxygen atoms in total. The molecule has 0 atom stereocenters. The number of nitrogens with zero attached hydrogens (tertiary/aromatic N) is 2. The van der Waals surface area contributed by atoms with Crippen LogP contribution in [0.3, 0.4) is 0 Å². The summed E-state index contributed by atoms with van der Waals surface area (Å²) in [4.78, 5) is 25.2. The first-order valence-electron chi connectivity index (χ1n) is 6.18. The first kappa shape index (κ1) is 13.3. The lowest BCUT2D eigenvalue weighted by Gasteiger charge is -2.01. The van der Waals surface area contributed by atoms with Crippen molar-refractivity contribution in [3.05, 3.63) is 77.0 Å². The van der Waals surface area contributed by atoms with Crippen molar-refractivity contribution in [2.24, 2.45) is 0 Å². The predicted octanol–water partition coefficient (Wildman–Crippen LogP) is -0.137. The van der Waals surface area contributed by atoms with E-state index in [4.69, 9.17) is 16.1 Å². The largest absolute Gasteiger partial charge is 0.298 e. The first-order chi connectivity index (χ1) is 10.5. The molecule has 0 amide bonds. The van der Waals surface area contributed by atoms with Crippen LogP contribution in [0.4, 0.5) is 0 Å². The van der Waals surface area contributed by atoms with Gasteiger partial charge in [0.1, 0.15) is 12.1 Å². The molecule has 0 unspecified atom stereocenters. The Kier molecular flexibility index (Phi) is 2.69. The van der Waals surface area contributed by atoms with Gasteiger partial charge in [-0.15, -0.1) is 0 Å². The van der Waals surface area contributed by atoms with Crippen LogP contribution in [0.25, 0.3) is 10.8 Å². The van der Waals surface area contributed by atoms with Crippen molar-refractivity contribution in [3.63, 3.8) is 0 Å². The molecule has 6 heteroatoms. The van der Waals surface area contributed by atoms with E-state index in [9.17, 15) is 14.9 Å². The molecule has 0 aliphatic heterocycles. The second-order valence-corrected chi connectivity index (χ2v) is 4.68. The third-order valence-corrected chi connectivity index (χ3v) is 3.59. The monoisotopic (exact) mass is 286 g/mol. The molecule has 3 rings (SSSR count). The van der Waals surface area contributed by atoms with E-state index >= 15 is 0 Å². The fourth-order valence-corrected chi connectivity index (χ4v) is 2.58. The number of hydrogen-bond acceptors (Lipinski definition) is 6. The molecular formula is C16H6N4O2. The van der Waals surface area contributed by atoms with Crippen LogP contribution >= 0.6 is 0 Å². The van der Waals surface area contributed by atoms with Gasteiger partial charge in [-0.25, -0.2) is 0 Å². The summed E-state index contributed by atoms with van der Waals surface area (Å²) >= 11 is 0. The third-order valence-electron chi connectivity index (χ3n) is 3.59. The standard InChI is InChI=1S/C16H6N4O2/c17-5-9-10(6-18)13(19)14(20)12-11(9)15(21)7-3-1-2-4-8(7)16(12)22/h1-4,19-20H. The lowest BCUT2D eigenvalue weighted by molar-refractivity contribution is 1.07. The van der Waals surface area contributed by atoms with Crippen LogP contribution in [-0.4, -0.2) is 0 Å². The van der Waals surface area contributed by atoms with Gasteiger partial charge < -0.3 is 0 Å². The first-order valence-corrected chi connectivity index (χ1v) is 6.18. The summed E-state index contributed by atoms with van der Waals surface area (Å²) < 4.78 is 0. The Morgan fingerprint density at radius 1 is 0.773 bits per heavy atom. The van der Waals surface area contributed by atoms with E-state index in [2.05, 4.69) is 0 Å². The molecule has 1 aromatic carbocycles. The van der Waals surface area contributed by atoms with Crippen LogP contribution in [-0.2, 0) is 0 Å². The van der Waals surface area contributed by atoms with Crippen LogP contribution in [0.15, 0.2) is 33.9 Å². The second kappa shape index (κ2) is 4.44. The minimum Gasteiger partial charge on any atom is -0.298 e. The van der Waals surface area contributed by atoms with Gasteiger partial charge in [-0.1, -0.05) is 24.3 Å². The second-order valence-electron chi connectivity index (χ2n) is 4.68. The highest BCUT2D eigenvalue weighted by Gasteiger charge is 2.17. The molecule has 0 bridgehead atoms. The number of rotatable bonds is 0. The quantitative estimate of drug-likeness (QED) is 0.595. The summed E-state index contributed by atoms with van der Waals surface area (Å²) in [6, 6.07) is 9.51. The average Bonchev–Trinajstić information content (AvgIpc) is 2.54. The van der Waals surface area contributed by atoms with Gasteiger partial charge in [0.15, 0.2) is 10.9 Å². The molecule has 0 spiro atoms. The van der Waals surface area contributed by atoms with Crippen LogP contribution in [0, 0.1) is 43.9 Å². The number of nitrogens with one attached hydrogen (secondary N) is 2. The zero-order valence-corrected chi connectivity index (χ0v) is 11.0. The van der Waals surface area contributed by atoms with Gasteiger partial charge in [-0.3, -0.25) is 20.4 Å². The van der Waals surface area contributed by atoms with Crippen molar-refractivity contribution in [1.29, 1.82) is 21.3 Å². The van der Waals surface area contributed by atoms with E-state index in [1.165, 1.54) is 12.1 Å². The summed E-state index contributed by atoms with van der Waals surface area (Å²) in [5.41, 5.74) is -1.82. The highest BCUT2D eigenvalue weighted by molar-refractivity contribution is 5.82. The van der Waals surface area contributed by atoms with Crippen molar-refractivity contribution >= 4 is 10.8 Å². The lowest BCUT2D eigenvalue weighted by Crippen LogP contribution is -2.35. The van der Waals surface area contributed by atoms with E-state index in [0.717, 1.165) is 0 Å². The van der Waals surface area contributed by atoms with Crippen molar-refractivity contribution < 1.29 is 0 Å². The molecule has 1 aromatic rings. The van der Waals surface area contributed by atoms with Gasteiger partial charge in [0.2, 0.25) is 0 Å². The van der Waals surface area contributed by atoms with E-state index in [1.54, 1.807) is 24.3 Å². The molecule has 2 N–H and O–H groups in total. The molecule has 0 saturated carbocycles. The summed E-state index contributed by atoms with van der Waals surface area (Å²) in [5, 5.41) is 32.8. The summed E-state index contributed by atoms with van der Waals surface area (Å²) in [6.07, 6.45) is 0. The van der Waals surface area contributed by atoms with Crippen molar-refractivity contribution in [2.45, 2.75) is 0 Å². The minimum atomic E-state index is -0.579. The number of benzene rings is 1. The van der Waals surface area contributed by atoms with Gasteiger partial charge in [-0.2, -0.15) is 10.5 Å². The van der Waals surface area contributed by atoms with Gasteiger partial charge in [0.25, 0.3) is 0 Å². The summed E-state index contributed by atoms with van der Waals surface area (Å²) in [5.74, 6) is 0. The maximum absolute atomic E-state index is 12.6. The Morgan fingerprint density at radius 2 is 1.27 bits per heavy atom. The van der Waals surface area contributed by atoms with Crippen molar-refractivity contribution in [3.8, 4) is 12.1 Å². The highest BCUT2D eigenvalue weighted by Crippen LogP contribution is 2.08. The van der Waals surface area contributed by atoms with Crippen LogP contribution in [0.5, 0.6) is 0 Å². The molecule has 0 fully saturated rings. The maximum atomic E-state index is 12.6. The average molecular weight is 286 g/mol. The smallest absolute Gasteiger partial charge is 0.196 e. The Labute approximate surface area is 122 Å². The summed E-state index contributed by atoms with van der Waals surface area (Å²) in [6.45, 7) is 0. The Bertz CT molecular complexity index is 1320. The van der Waals surface area contributed by atoms with Crippen LogP contribution in [0.2, 0.25) is 0 Å². The Hall–Kier alpha value is -3.64. The molecular weight excluding hydrogens is 280 g/mol. The molecule has 102 valence electrons. The summed E-state index contributed by atoms with van der Waals surface area (Å²) in [7, 11) is 0. The van der Waals surface area contributed by atoms with E-state index in [1.807, 2.05) is 0 Å². The molecule has 22 heavy (non-hydrogen) atoms. The molecule has 2 aliphatic rings. The highest BCUT2D eigenvalue weighted by atomic mass is 16.1. The van der Waals surface area contributed by atoms with Crippen LogP contribution < -0.4 is 21.6 Å². The fourth-order valence-electron chi connectivity index (χ4n) is 2.58. The minimum absolute atomic E-state index is 0.137. The lowest BCUT2D eigenvalue weighted by atomic mass is 9.97. The zero-order chi connectivity index (χ0) is 16.0. The van der Waals surface area contributed by atoms with Gasteiger partial charge >= 0.3 is 0 Å². The van der Waals surface area contributed by atoms with Gasteiger partial charge in [0.05, 0.1) is 32.3 Å². The SMILES string of the molecule is N#Cc1c(C#N)c2c(=O)c3ccccc3c(=O)c=2c(=N)c1=N. The van der Waals surface area contributed by atoms with E-state index in [-0.39, 0.29) is 32.3 Å². The third kappa shape index (κ3) is 1.46. The normalized spacial score (nSPS) is 10.5. The molecule has 2 aliphatic carbocycles. The fraction of sp³-hybridized carbons (Fsp3) is 0. The van der Waals surface area contributed by atoms with Crippen LogP contribution in [0.1, 0.15) is 11.1 Å². The van der Waals surface area contributed by atoms with Gasteiger partial charge in [-0.05, 0) is 0 Å². The van der Waals surface area contributed by atoms with E-state index < -0.39 is 21.6 Å². The van der Waals surface area contributed by atoms with Crippen molar-refractivity contribution in [1.82, 2.24) is 0 Å². The molecule has 0 radical (unpaired) electrons. The predicted molar refractivity (Wildman–Crippen MR) is 75.3 cm³/mol. The van der Waals surface area contributed by atoms with Gasteiger partial charge in [0, 0.05) is 10.8 Å². The number of fused-ring (bicyclic) bond motifs is 1. The van der Waals surface area contributed by atoms with Crippen molar-refractivity contribution in [2.75, 3.05) is 0 Å². The molecule has 0 saturated heterocycles.